The molecule has 0 aliphatic carbocycles. The summed E-state index contributed by atoms with van der Waals surface area (Å²) in [5.41, 5.74) is 1.75. The molecule has 106 valence electrons. The van der Waals surface area contributed by atoms with Crippen LogP contribution in [0.3, 0.4) is 0 Å². The van der Waals surface area contributed by atoms with Crippen LogP contribution in [0.1, 0.15) is 18.4 Å². The van der Waals surface area contributed by atoms with E-state index in [1.165, 1.54) is 0 Å². The van der Waals surface area contributed by atoms with Gasteiger partial charge in [0.05, 0.1) is 5.75 Å². The number of primary sulfonamides is 1. The molecule has 1 aliphatic heterocycles. The molecular weight excluding hydrogens is 262 g/mol. The fourth-order valence-electron chi connectivity index (χ4n) is 2.32. The van der Waals surface area contributed by atoms with Crippen LogP contribution in [0.2, 0.25) is 0 Å². The molecule has 0 amide bonds. The van der Waals surface area contributed by atoms with Crippen molar-refractivity contribution in [2.75, 3.05) is 25.5 Å². The second-order valence-electron chi connectivity index (χ2n) is 5.23. The van der Waals surface area contributed by atoms with Gasteiger partial charge in [-0.3, -0.25) is 0 Å². The molecule has 1 aromatic carbocycles. The van der Waals surface area contributed by atoms with Crippen LogP contribution in [-0.4, -0.2) is 39.5 Å². The van der Waals surface area contributed by atoms with E-state index in [2.05, 4.69) is 17.3 Å². The zero-order valence-corrected chi connectivity index (χ0v) is 12.0. The van der Waals surface area contributed by atoms with Gasteiger partial charge in [0, 0.05) is 11.7 Å². The minimum Gasteiger partial charge on any atom is -0.382 e. The van der Waals surface area contributed by atoms with E-state index in [9.17, 15) is 8.42 Å². The van der Waals surface area contributed by atoms with Crippen molar-refractivity contribution in [2.24, 2.45) is 5.14 Å². The van der Waals surface area contributed by atoms with Crippen LogP contribution in [-0.2, 0) is 15.8 Å². The van der Waals surface area contributed by atoms with E-state index in [1.54, 1.807) is 0 Å². The summed E-state index contributed by atoms with van der Waals surface area (Å²) in [6, 6.07) is 7.95. The maximum Gasteiger partial charge on any atom is 0.213 e. The Balaban J connectivity index is 1.92. The standard InChI is InChI=1S/C13H21N3O2S/c1-16-8-6-13(7-9-16)15-12-4-2-11(3-5-12)10-19(14,17)18/h2-5,13,15H,6-10H2,1H3,(H2,14,17,18). The van der Waals surface area contributed by atoms with E-state index >= 15 is 0 Å². The summed E-state index contributed by atoms with van der Waals surface area (Å²) >= 11 is 0. The van der Waals surface area contributed by atoms with Crippen molar-refractivity contribution in [1.29, 1.82) is 0 Å². The Kier molecular flexibility index (Phi) is 4.44. The van der Waals surface area contributed by atoms with Crippen LogP contribution in [0, 0.1) is 0 Å². The number of nitrogens with zero attached hydrogens (tertiary/aromatic N) is 1. The first kappa shape index (κ1) is 14.3. The third-order valence-corrected chi connectivity index (χ3v) is 4.15. The molecule has 1 heterocycles. The minimum absolute atomic E-state index is 0.110. The van der Waals surface area contributed by atoms with Crippen LogP contribution < -0.4 is 10.5 Å². The first-order valence-corrected chi connectivity index (χ1v) is 8.18. The molecule has 1 fully saturated rings. The van der Waals surface area contributed by atoms with Gasteiger partial charge in [-0.15, -0.1) is 0 Å². The molecule has 6 heteroatoms. The van der Waals surface area contributed by atoms with Gasteiger partial charge in [-0.05, 0) is 50.7 Å². The Bertz CT molecular complexity index is 505. The lowest BCUT2D eigenvalue weighted by atomic mass is 10.1. The van der Waals surface area contributed by atoms with E-state index in [-0.39, 0.29) is 5.75 Å². The van der Waals surface area contributed by atoms with Crippen LogP contribution >= 0.6 is 0 Å². The summed E-state index contributed by atoms with van der Waals surface area (Å²) in [5, 5.41) is 8.50. The summed E-state index contributed by atoms with van der Waals surface area (Å²) in [6.07, 6.45) is 2.27. The third-order valence-electron chi connectivity index (χ3n) is 3.41. The SMILES string of the molecule is CN1CCC(Nc2ccc(CS(N)(=O)=O)cc2)CC1. The zero-order valence-electron chi connectivity index (χ0n) is 11.2. The molecule has 0 aromatic heterocycles. The molecule has 0 unspecified atom stereocenters. The molecule has 3 N–H and O–H groups in total. The molecule has 19 heavy (non-hydrogen) atoms. The van der Waals surface area contributed by atoms with Gasteiger partial charge in [-0.25, -0.2) is 13.6 Å². The largest absolute Gasteiger partial charge is 0.382 e. The van der Waals surface area contributed by atoms with Crippen LogP contribution in [0.5, 0.6) is 0 Å². The summed E-state index contributed by atoms with van der Waals surface area (Å²) in [5.74, 6) is -0.110. The van der Waals surface area contributed by atoms with Gasteiger partial charge < -0.3 is 10.2 Å². The van der Waals surface area contributed by atoms with Gasteiger partial charge in [-0.1, -0.05) is 12.1 Å². The molecule has 0 radical (unpaired) electrons. The summed E-state index contributed by atoms with van der Waals surface area (Å²) in [6.45, 7) is 2.22. The molecule has 1 aromatic rings. The third kappa shape index (κ3) is 4.81. The molecule has 1 saturated heterocycles. The van der Waals surface area contributed by atoms with E-state index in [1.807, 2.05) is 24.3 Å². The van der Waals surface area contributed by atoms with Gasteiger partial charge in [0.25, 0.3) is 0 Å². The van der Waals surface area contributed by atoms with Gasteiger partial charge in [-0.2, -0.15) is 0 Å². The van der Waals surface area contributed by atoms with Crippen LogP contribution in [0.15, 0.2) is 24.3 Å². The average Bonchev–Trinajstić information content (AvgIpc) is 2.33. The smallest absolute Gasteiger partial charge is 0.213 e. The lowest BCUT2D eigenvalue weighted by Gasteiger charge is -2.30. The first-order valence-electron chi connectivity index (χ1n) is 6.47. The molecule has 0 saturated carbocycles. The monoisotopic (exact) mass is 283 g/mol. The highest BCUT2D eigenvalue weighted by Gasteiger charge is 2.16. The quantitative estimate of drug-likeness (QED) is 0.864. The fourth-order valence-corrected chi connectivity index (χ4v) is 2.98. The lowest BCUT2D eigenvalue weighted by Crippen LogP contribution is -2.36. The van der Waals surface area contributed by atoms with Gasteiger partial charge in [0.1, 0.15) is 0 Å². The van der Waals surface area contributed by atoms with Gasteiger partial charge in [0.15, 0.2) is 0 Å². The van der Waals surface area contributed by atoms with Gasteiger partial charge >= 0.3 is 0 Å². The van der Waals surface area contributed by atoms with E-state index in [4.69, 9.17) is 5.14 Å². The van der Waals surface area contributed by atoms with Crippen LogP contribution in [0.25, 0.3) is 0 Å². The van der Waals surface area contributed by atoms with Crippen molar-refractivity contribution >= 4 is 15.7 Å². The topological polar surface area (TPSA) is 75.4 Å². The number of piperidine rings is 1. The van der Waals surface area contributed by atoms with Crippen molar-refractivity contribution in [3.05, 3.63) is 29.8 Å². The van der Waals surface area contributed by atoms with Crippen LogP contribution in [0.4, 0.5) is 5.69 Å². The Labute approximate surface area is 114 Å². The number of rotatable bonds is 4. The normalized spacial score (nSPS) is 18.4. The predicted molar refractivity (Wildman–Crippen MR) is 77.4 cm³/mol. The molecule has 0 spiro atoms. The molecule has 0 bridgehead atoms. The first-order chi connectivity index (χ1) is 8.92. The maximum absolute atomic E-state index is 11.0. The molecule has 1 aliphatic rings. The summed E-state index contributed by atoms with van der Waals surface area (Å²) in [4.78, 5) is 2.33. The summed E-state index contributed by atoms with van der Waals surface area (Å²) in [7, 11) is -1.31. The van der Waals surface area contributed by atoms with E-state index in [0.717, 1.165) is 37.2 Å². The Morgan fingerprint density at radius 1 is 1.26 bits per heavy atom. The molecule has 2 rings (SSSR count). The Morgan fingerprint density at radius 2 is 1.84 bits per heavy atom. The fraction of sp³-hybridized carbons (Fsp3) is 0.538. The predicted octanol–water partition coefficient (Wildman–Crippen LogP) is 0.981. The second kappa shape index (κ2) is 5.90. The maximum atomic E-state index is 11.0. The number of sulfonamides is 1. The molecule has 5 nitrogen and oxygen atoms in total. The molecular formula is C13H21N3O2S. The van der Waals surface area contributed by atoms with Crippen molar-refractivity contribution in [1.82, 2.24) is 4.90 Å². The highest BCUT2D eigenvalue weighted by Crippen LogP contribution is 2.17. The van der Waals surface area contributed by atoms with Crippen molar-refractivity contribution in [2.45, 2.75) is 24.6 Å². The number of nitrogens with two attached hydrogens (primary N) is 1. The molecule has 0 atom stereocenters. The van der Waals surface area contributed by atoms with Crippen molar-refractivity contribution in [3.8, 4) is 0 Å². The number of likely N-dealkylation sites (tertiary alicyclic amines) is 1. The van der Waals surface area contributed by atoms with Crippen molar-refractivity contribution < 1.29 is 8.42 Å². The van der Waals surface area contributed by atoms with E-state index < -0.39 is 10.0 Å². The highest BCUT2D eigenvalue weighted by atomic mass is 32.2. The second-order valence-corrected chi connectivity index (χ2v) is 6.84. The Hall–Kier alpha value is -1.11. The van der Waals surface area contributed by atoms with E-state index in [0.29, 0.717) is 6.04 Å². The van der Waals surface area contributed by atoms with Gasteiger partial charge in [0.2, 0.25) is 10.0 Å². The average molecular weight is 283 g/mol. The Morgan fingerprint density at radius 3 is 2.37 bits per heavy atom. The zero-order chi connectivity index (χ0) is 13.9. The number of hydrogen-bond donors (Lipinski definition) is 2. The lowest BCUT2D eigenvalue weighted by molar-refractivity contribution is 0.264. The highest BCUT2D eigenvalue weighted by molar-refractivity contribution is 7.88. The number of anilines is 1. The summed E-state index contributed by atoms with van der Waals surface area (Å²) < 4.78 is 22.0. The number of nitrogens with one attached hydrogen (secondary N) is 1. The minimum atomic E-state index is -3.45. The number of hydrogen-bond acceptors (Lipinski definition) is 4. The van der Waals surface area contributed by atoms with Crippen molar-refractivity contribution in [3.63, 3.8) is 0 Å². The number of benzene rings is 1.